The van der Waals surface area contributed by atoms with Crippen LogP contribution in [0.25, 0.3) is 0 Å². The molecule has 27 heavy (non-hydrogen) atoms. The van der Waals surface area contributed by atoms with Gasteiger partial charge >= 0.3 is 6.03 Å². The molecular weight excluding hydrogens is 368 g/mol. The van der Waals surface area contributed by atoms with Gasteiger partial charge in [-0.25, -0.2) is 4.79 Å². The summed E-state index contributed by atoms with van der Waals surface area (Å²) in [4.78, 5) is 26.4. The van der Waals surface area contributed by atoms with Gasteiger partial charge in [0.1, 0.15) is 23.6 Å². The first-order valence-corrected chi connectivity index (χ1v) is 8.95. The maximum absolute atomic E-state index is 12.9. The van der Waals surface area contributed by atoms with Crippen LogP contribution in [0.3, 0.4) is 0 Å². The monoisotopic (exact) mass is 388 g/mol. The highest BCUT2D eigenvalue weighted by atomic mass is 35.5. The molecule has 7 heteroatoms. The van der Waals surface area contributed by atoms with Gasteiger partial charge in [-0.2, -0.15) is 0 Å². The van der Waals surface area contributed by atoms with E-state index in [2.05, 4.69) is 5.32 Å². The molecule has 1 N–H and O–H groups in total. The first-order chi connectivity index (χ1) is 12.9. The van der Waals surface area contributed by atoms with Gasteiger partial charge in [0.15, 0.2) is 0 Å². The van der Waals surface area contributed by atoms with Gasteiger partial charge in [-0.3, -0.25) is 9.69 Å². The van der Waals surface area contributed by atoms with E-state index in [1.165, 1.54) is 4.90 Å². The number of benzene rings is 2. The number of methoxy groups -OCH3 is 1. The molecule has 1 saturated heterocycles. The van der Waals surface area contributed by atoms with Gasteiger partial charge < -0.3 is 14.8 Å². The number of hydrogen-bond donors (Lipinski definition) is 1. The zero-order valence-corrected chi connectivity index (χ0v) is 16.0. The molecule has 3 amide bonds. The van der Waals surface area contributed by atoms with Gasteiger partial charge in [0.25, 0.3) is 5.91 Å². The third kappa shape index (κ3) is 4.17. The largest absolute Gasteiger partial charge is 0.496 e. The van der Waals surface area contributed by atoms with E-state index in [1.54, 1.807) is 38.3 Å². The van der Waals surface area contributed by atoms with Crippen molar-refractivity contribution in [2.45, 2.75) is 18.9 Å². The SMILES string of the molecule is COc1ccccc1C[C@@]1(C)NC(=O)N(CCOc2cccc(Cl)c2)C1=O. The van der Waals surface area contributed by atoms with Crippen LogP contribution < -0.4 is 14.8 Å². The van der Waals surface area contributed by atoms with Crippen molar-refractivity contribution in [3.8, 4) is 11.5 Å². The highest BCUT2D eigenvalue weighted by Crippen LogP contribution is 2.27. The molecule has 1 aliphatic rings. The normalized spacial score (nSPS) is 19.1. The number of urea groups is 1. The summed E-state index contributed by atoms with van der Waals surface area (Å²) in [6, 6.07) is 14.0. The van der Waals surface area contributed by atoms with E-state index in [1.807, 2.05) is 24.3 Å². The van der Waals surface area contributed by atoms with Crippen LogP contribution in [0.2, 0.25) is 5.02 Å². The Morgan fingerprint density at radius 1 is 1.15 bits per heavy atom. The number of carbonyl (C=O) groups excluding carboxylic acids is 2. The first-order valence-electron chi connectivity index (χ1n) is 8.57. The molecule has 0 radical (unpaired) electrons. The summed E-state index contributed by atoms with van der Waals surface area (Å²) in [6.45, 7) is 2.06. The number of imide groups is 1. The fourth-order valence-electron chi connectivity index (χ4n) is 3.11. The van der Waals surface area contributed by atoms with E-state index in [-0.39, 0.29) is 19.1 Å². The lowest BCUT2D eigenvalue weighted by Gasteiger charge is -2.23. The minimum absolute atomic E-state index is 0.151. The standard InChI is InChI=1S/C20H21ClN2O4/c1-20(13-14-6-3-4-9-17(14)26-2)18(24)23(19(25)22-20)10-11-27-16-8-5-7-15(21)12-16/h3-9,12H,10-11,13H2,1-2H3,(H,22,25)/t20-/m1/s1. The molecule has 0 saturated carbocycles. The van der Waals surface area contributed by atoms with Crippen LogP contribution in [-0.4, -0.2) is 42.6 Å². The average Bonchev–Trinajstić information content (AvgIpc) is 2.85. The molecule has 0 aromatic heterocycles. The van der Waals surface area contributed by atoms with Crippen LogP contribution in [-0.2, 0) is 11.2 Å². The molecular formula is C20H21ClN2O4. The number of para-hydroxylation sites is 1. The fourth-order valence-corrected chi connectivity index (χ4v) is 3.29. The Labute approximate surface area is 163 Å². The summed E-state index contributed by atoms with van der Waals surface area (Å²) < 4.78 is 10.9. The van der Waals surface area contributed by atoms with Crippen molar-refractivity contribution in [1.29, 1.82) is 0 Å². The van der Waals surface area contributed by atoms with E-state index in [0.29, 0.717) is 22.9 Å². The smallest absolute Gasteiger partial charge is 0.325 e. The highest BCUT2D eigenvalue weighted by molar-refractivity contribution is 6.30. The number of amides is 3. The average molecular weight is 389 g/mol. The van der Waals surface area contributed by atoms with Crippen LogP contribution >= 0.6 is 11.6 Å². The highest BCUT2D eigenvalue weighted by Gasteiger charge is 2.47. The molecule has 1 fully saturated rings. The van der Waals surface area contributed by atoms with E-state index in [0.717, 1.165) is 5.56 Å². The van der Waals surface area contributed by atoms with Crippen LogP contribution in [0.5, 0.6) is 11.5 Å². The van der Waals surface area contributed by atoms with E-state index in [9.17, 15) is 9.59 Å². The van der Waals surface area contributed by atoms with Crippen molar-refractivity contribution < 1.29 is 19.1 Å². The van der Waals surface area contributed by atoms with Crippen molar-refractivity contribution >= 4 is 23.5 Å². The zero-order chi connectivity index (χ0) is 19.4. The molecule has 0 unspecified atom stereocenters. The molecule has 1 atom stereocenters. The maximum atomic E-state index is 12.9. The van der Waals surface area contributed by atoms with Gasteiger partial charge in [0.2, 0.25) is 0 Å². The van der Waals surface area contributed by atoms with Crippen LogP contribution in [0.1, 0.15) is 12.5 Å². The first kappa shape index (κ1) is 19.0. The van der Waals surface area contributed by atoms with Crippen molar-refractivity contribution in [2.75, 3.05) is 20.3 Å². The van der Waals surface area contributed by atoms with E-state index in [4.69, 9.17) is 21.1 Å². The predicted molar refractivity (Wildman–Crippen MR) is 102 cm³/mol. The number of ether oxygens (including phenoxy) is 2. The van der Waals surface area contributed by atoms with Gasteiger partial charge in [-0.05, 0) is 36.8 Å². The number of nitrogens with zero attached hydrogens (tertiary/aromatic N) is 1. The van der Waals surface area contributed by atoms with Crippen LogP contribution in [0.4, 0.5) is 4.79 Å². The lowest BCUT2D eigenvalue weighted by molar-refractivity contribution is -0.131. The predicted octanol–water partition coefficient (Wildman–Crippen LogP) is 3.28. The van der Waals surface area contributed by atoms with Crippen molar-refractivity contribution in [3.05, 3.63) is 59.1 Å². The maximum Gasteiger partial charge on any atom is 0.325 e. The number of nitrogens with one attached hydrogen (secondary N) is 1. The Hall–Kier alpha value is -2.73. The Bertz CT molecular complexity index is 857. The minimum Gasteiger partial charge on any atom is -0.496 e. The zero-order valence-electron chi connectivity index (χ0n) is 15.2. The second-order valence-electron chi connectivity index (χ2n) is 6.51. The third-order valence-electron chi connectivity index (χ3n) is 4.46. The number of halogens is 1. The Morgan fingerprint density at radius 3 is 2.67 bits per heavy atom. The number of hydrogen-bond acceptors (Lipinski definition) is 4. The lowest BCUT2D eigenvalue weighted by atomic mass is 9.92. The summed E-state index contributed by atoms with van der Waals surface area (Å²) in [5, 5.41) is 3.35. The molecule has 0 bridgehead atoms. The molecule has 2 aromatic rings. The summed E-state index contributed by atoms with van der Waals surface area (Å²) in [5.74, 6) is 0.989. The second kappa shape index (κ2) is 7.88. The number of carbonyl (C=O) groups is 2. The van der Waals surface area contributed by atoms with Crippen molar-refractivity contribution in [1.82, 2.24) is 10.2 Å². The minimum atomic E-state index is -1.03. The van der Waals surface area contributed by atoms with E-state index >= 15 is 0 Å². The van der Waals surface area contributed by atoms with Gasteiger partial charge in [-0.15, -0.1) is 0 Å². The molecule has 1 heterocycles. The van der Waals surface area contributed by atoms with Crippen molar-refractivity contribution in [3.63, 3.8) is 0 Å². The molecule has 2 aromatic carbocycles. The van der Waals surface area contributed by atoms with Gasteiger partial charge in [-0.1, -0.05) is 35.9 Å². The van der Waals surface area contributed by atoms with Crippen molar-refractivity contribution in [2.24, 2.45) is 0 Å². The Balaban J connectivity index is 1.65. The summed E-state index contributed by atoms with van der Waals surface area (Å²) in [7, 11) is 1.58. The Kier molecular flexibility index (Phi) is 5.56. The number of rotatable bonds is 7. The third-order valence-corrected chi connectivity index (χ3v) is 4.70. The summed E-state index contributed by atoms with van der Waals surface area (Å²) in [6.07, 6.45) is 0.341. The summed E-state index contributed by atoms with van der Waals surface area (Å²) >= 11 is 5.92. The van der Waals surface area contributed by atoms with Gasteiger partial charge in [0, 0.05) is 11.4 Å². The van der Waals surface area contributed by atoms with Gasteiger partial charge in [0.05, 0.1) is 13.7 Å². The second-order valence-corrected chi connectivity index (χ2v) is 6.95. The molecule has 6 nitrogen and oxygen atoms in total. The molecule has 142 valence electrons. The van der Waals surface area contributed by atoms with Crippen LogP contribution in [0, 0.1) is 0 Å². The van der Waals surface area contributed by atoms with Crippen LogP contribution in [0.15, 0.2) is 48.5 Å². The molecule has 3 rings (SSSR count). The molecule has 0 aliphatic carbocycles. The quantitative estimate of drug-likeness (QED) is 0.739. The Morgan fingerprint density at radius 2 is 1.93 bits per heavy atom. The molecule has 1 aliphatic heterocycles. The lowest BCUT2D eigenvalue weighted by Crippen LogP contribution is -2.46. The topological polar surface area (TPSA) is 67.9 Å². The fraction of sp³-hybridized carbons (Fsp3) is 0.300. The molecule has 0 spiro atoms. The summed E-state index contributed by atoms with van der Waals surface area (Å²) in [5.41, 5.74) is -0.171. The van der Waals surface area contributed by atoms with E-state index < -0.39 is 11.6 Å².